The summed E-state index contributed by atoms with van der Waals surface area (Å²) in [7, 11) is 0. The third-order valence-corrected chi connectivity index (χ3v) is 5.32. The first-order chi connectivity index (χ1) is 12.6. The van der Waals surface area contributed by atoms with Gasteiger partial charge in [0.05, 0.1) is 0 Å². The van der Waals surface area contributed by atoms with Crippen LogP contribution in [0.2, 0.25) is 0 Å². The van der Waals surface area contributed by atoms with Gasteiger partial charge in [0.2, 0.25) is 17.6 Å². The number of anilines is 1. The van der Waals surface area contributed by atoms with Crippen LogP contribution in [-0.4, -0.2) is 22.1 Å². The largest absolute Gasteiger partial charge is 0.339 e. The van der Waals surface area contributed by atoms with Crippen molar-refractivity contribution >= 4 is 34.2 Å². The van der Waals surface area contributed by atoms with Gasteiger partial charge in [-0.05, 0) is 59.7 Å². The number of hydrogen-bond acceptors (Lipinski definition) is 4. The molecule has 0 fully saturated rings. The standard InChI is InChI=1S/C20H18IN3O2/c1-13-12-15-4-2-3-5-17(15)24(13)19(25)11-10-18-22-20(23-26-18)14-6-8-16(21)9-7-14/h2-9,13H,10-12H2,1H3/t13-/m0/s1. The average Bonchev–Trinajstić information content (AvgIpc) is 3.24. The molecule has 3 aromatic rings. The van der Waals surface area contributed by atoms with E-state index in [0.29, 0.717) is 24.6 Å². The topological polar surface area (TPSA) is 59.2 Å². The van der Waals surface area contributed by atoms with Crippen molar-refractivity contribution in [3.63, 3.8) is 0 Å². The molecule has 1 aliphatic rings. The van der Waals surface area contributed by atoms with Crippen molar-refractivity contribution in [2.24, 2.45) is 0 Å². The van der Waals surface area contributed by atoms with Gasteiger partial charge in [0, 0.05) is 33.7 Å². The van der Waals surface area contributed by atoms with Crippen molar-refractivity contribution in [1.29, 1.82) is 0 Å². The molecular formula is C20H18IN3O2. The summed E-state index contributed by atoms with van der Waals surface area (Å²) in [4.78, 5) is 19.1. The fraction of sp³-hybridized carbons (Fsp3) is 0.250. The third-order valence-electron chi connectivity index (χ3n) is 4.60. The second kappa shape index (κ2) is 7.19. The fourth-order valence-corrected chi connectivity index (χ4v) is 3.71. The minimum Gasteiger partial charge on any atom is -0.339 e. The molecule has 1 aliphatic heterocycles. The van der Waals surface area contributed by atoms with Gasteiger partial charge < -0.3 is 9.42 Å². The predicted octanol–water partition coefficient (Wildman–Crippen LogP) is 4.25. The number of carbonyl (C=O) groups excluding carboxylic acids is 1. The highest BCUT2D eigenvalue weighted by molar-refractivity contribution is 14.1. The van der Waals surface area contributed by atoms with Crippen LogP contribution in [0.3, 0.4) is 0 Å². The summed E-state index contributed by atoms with van der Waals surface area (Å²) in [6.45, 7) is 2.08. The minimum absolute atomic E-state index is 0.0939. The molecule has 0 spiro atoms. The Bertz CT molecular complexity index is 936. The number of rotatable bonds is 4. The summed E-state index contributed by atoms with van der Waals surface area (Å²) < 4.78 is 6.48. The number of halogens is 1. The number of nitrogens with zero attached hydrogens (tertiary/aromatic N) is 3. The zero-order valence-electron chi connectivity index (χ0n) is 14.4. The summed E-state index contributed by atoms with van der Waals surface area (Å²) in [5, 5.41) is 4.03. The molecule has 5 nitrogen and oxygen atoms in total. The number of aryl methyl sites for hydroxylation is 1. The van der Waals surface area contributed by atoms with E-state index in [1.165, 1.54) is 5.56 Å². The van der Waals surface area contributed by atoms with E-state index in [1.807, 2.05) is 47.4 Å². The van der Waals surface area contributed by atoms with Crippen LogP contribution in [0.4, 0.5) is 5.69 Å². The first-order valence-electron chi connectivity index (χ1n) is 8.60. The quantitative estimate of drug-likeness (QED) is 0.548. The molecule has 0 N–H and O–H groups in total. The Labute approximate surface area is 165 Å². The van der Waals surface area contributed by atoms with Gasteiger partial charge in [0.25, 0.3) is 0 Å². The van der Waals surface area contributed by atoms with E-state index < -0.39 is 0 Å². The SMILES string of the molecule is C[C@H]1Cc2ccccc2N1C(=O)CCc1nc(-c2ccc(I)cc2)no1. The highest BCUT2D eigenvalue weighted by atomic mass is 127. The molecule has 4 rings (SSSR count). The van der Waals surface area contributed by atoms with Crippen molar-refractivity contribution in [2.75, 3.05) is 4.90 Å². The molecule has 2 heterocycles. The normalized spacial score (nSPS) is 15.9. The van der Waals surface area contributed by atoms with Gasteiger partial charge >= 0.3 is 0 Å². The molecule has 0 saturated carbocycles. The lowest BCUT2D eigenvalue weighted by molar-refractivity contribution is -0.118. The predicted molar refractivity (Wildman–Crippen MR) is 108 cm³/mol. The Kier molecular flexibility index (Phi) is 4.76. The number of carbonyl (C=O) groups is 1. The summed E-state index contributed by atoms with van der Waals surface area (Å²) in [6.07, 6.45) is 1.70. The number of para-hydroxylation sites is 1. The zero-order valence-corrected chi connectivity index (χ0v) is 16.5. The van der Waals surface area contributed by atoms with E-state index in [2.05, 4.69) is 45.7 Å². The molecule has 0 bridgehead atoms. The van der Waals surface area contributed by atoms with Crippen LogP contribution >= 0.6 is 22.6 Å². The zero-order chi connectivity index (χ0) is 18.1. The number of fused-ring (bicyclic) bond motifs is 1. The molecule has 132 valence electrons. The molecule has 0 unspecified atom stereocenters. The number of hydrogen-bond donors (Lipinski definition) is 0. The van der Waals surface area contributed by atoms with Gasteiger partial charge in [0.1, 0.15) is 0 Å². The van der Waals surface area contributed by atoms with E-state index >= 15 is 0 Å². The van der Waals surface area contributed by atoms with Crippen molar-refractivity contribution in [2.45, 2.75) is 32.2 Å². The molecule has 2 aromatic carbocycles. The lowest BCUT2D eigenvalue weighted by Crippen LogP contribution is -2.35. The Balaban J connectivity index is 1.43. The lowest BCUT2D eigenvalue weighted by Gasteiger charge is -2.22. The Morgan fingerprint density at radius 2 is 2.00 bits per heavy atom. The first-order valence-corrected chi connectivity index (χ1v) is 9.68. The molecule has 0 saturated heterocycles. The van der Waals surface area contributed by atoms with Crippen LogP contribution in [0.1, 0.15) is 24.8 Å². The minimum atomic E-state index is 0.0939. The Hall–Kier alpha value is -2.22. The highest BCUT2D eigenvalue weighted by Crippen LogP contribution is 2.32. The molecule has 1 atom stereocenters. The van der Waals surface area contributed by atoms with Gasteiger partial charge in [-0.2, -0.15) is 4.98 Å². The fourth-order valence-electron chi connectivity index (χ4n) is 3.35. The highest BCUT2D eigenvalue weighted by Gasteiger charge is 2.30. The van der Waals surface area contributed by atoms with Crippen LogP contribution in [0, 0.1) is 3.57 Å². The summed E-state index contributed by atoms with van der Waals surface area (Å²) >= 11 is 2.26. The van der Waals surface area contributed by atoms with Crippen LogP contribution in [0.15, 0.2) is 53.1 Å². The van der Waals surface area contributed by atoms with Crippen LogP contribution in [0.5, 0.6) is 0 Å². The third kappa shape index (κ3) is 3.38. The van der Waals surface area contributed by atoms with E-state index in [0.717, 1.165) is 21.2 Å². The molecular weight excluding hydrogens is 441 g/mol. The van der Waals surface area contributed by atoms with Gasteiger partial charge in [-0.25, -0.2) is 0 Å². The molecule has 6 heteroatoms. The van der Waals surface area contributed by atoms with Gasteiger partial charge in [0.15, 0.2) is 0 Å². The maximum atomic E-state index is 12.7. The summed E-state index contributed by atoms with van der Waals surface area (Å²) in [5.41, 5.74) is 3.16. The number of benzene rings is 2. The van der Waals surface area contributed by atoms with Crippen LogP contribution < -0.4 is 4.90 Å². The number of amides is 1. The molecule has 1 amide bonds. The van der Waals surface area contributed by atoms with E-state index in [9.17, 15) is 4.79 Å². The average molecular weight is 459 g/mol. The molecule has 0 aliphatic carbocycles. The smallest absolute Gasteiger partial charge is 0.227 e. The van der Waals surface area contributed by atoms with Crippen LogP contribution in [-0.2, 0) is 17.6 Å². The lowest BCUT2D eigenvalue weighted by atomic mass is 10.1. The molecule has 1 aromatic heterocycles. The second-order valence-corrected chi connectivity index (χ2v) is 7.71. The van der Waals surface area contributed by atoms with Crippen LogP contribution in [0.25, 0.3) is 11.4 Å². The summed E-state index contributed by atoms with van der Waals surface area (Å²) in [6, 6.07) is 16.2. The van der Waals surface area contributed by atoms with Gasteiger partial charge in [-0.1, -0.05) is 35.5 Å². The van der Waals surface area contributed by atoms with E-state index in [-0.39, 0.29) is 11.9 Å². The van der Waals surface area contributed by atoms with Crippen molar-refractivity contribution in [3.05, 3.63) is 63.6 Å². The second-order valence-electron chi connectivity index (χ2n) is 6.46. The summed E-state index contributed by atoms with van der Waals surface area (Å²) in [5.74, 6) is 1.15. The maximum absolute atomic E-state index is 12.7. The maximum Gasteiger partial charge on any atom is 0.227 e. The van der Waals surface area contributed by atoms with Gasteiger partial charge in [-0.15, -0.1) is 0 Å². The molecule has 26 heavy (non-hydrogen) atoms. The monoisotopic (exact) mass is 459 g/mol. The molecule has 0 radical (unpaired) electrons. The number of aromatic nitrogens is 2. The van der Waals surface area contributed by atoms with Gasteiger partial charge in [-0.3, -0.25) is 4.79 Å². The van der Waals surface area contributed by atoms with Crippen molar-refractivity contribution < 1.29 is 9.32 Å². The van der Waals surface area contributed by atoms with Crippen molar-refractivity contribution in [1.82, 2.24) is 10.1 Å². The van der Waals surface area contributed by atoms with E-state index in [4.69, 9.17) is 4.52 Å². The van der Waals surface area contributed by atoms with Crippen molar-refractivity contribution in [3.8, 4) is 11.4 Å². The Morgan fingerprint density at radius 1 is 1.23 bits per heavy atom. The van der Waals surface area contributed by atoms with E-state index in [1.54, 1.807) is 0 Å². The Morgan fingerprint density at radius 3 is 2.81 bits per heavy atom. The first kappa shape index (κ1) is 17.2.